The van der Waals surface area contributed by atoms with Crippen molar-refractivity contribution in [3.8, 4) is 0 Å². The molecule has 7 heteroatoms. The number of halogens is 1. The molecule has 0 spiro atoms. The van der Waals surface area contributed by atoms with Gasteiger partial charge < -0.3 is 0 Å². The van der Waals surface area contributed by atoms with Crippen LogP contribution in [0.5, 0.6) is 0 Å². The van der Waals surface area contributed by atoms with E-state index in [-0.39, 0.29) is 11.0 Å². The van der Waals surface area contributed by atoms with Crippen LogP contribution in [0, 0.1) is 0 Å². The Hall–Kier alpha value is -0.850. The molecule has 0 aromatic carbocycles. The molecule has 0 unspecified atom stereocenters. The second kappa shape index (κ2) is 4.59. The van der Waals surface area contributed by atoms with Gasteiger partial charge in [-0.25, -0.2) is 4.98 Å². The zero-order valence-corrected chi connectivity index (χ0v) is 9.06. The quantitative estimate of drug-likeness (QED) is 0.765. The highest BCUT2D eigenvalue weighted by Crippen LogP contribution is 2.09. The minimum absolute atomic E-state index is 0.193. The molecule has 0 fully saturated rings. The Balaban J connectivity index is 2.79. The second-order valence-corrected chi connectivity index (χ2v) is 4.34. The lowest BCUT2D eigenvalue weighted by Crippen LogP contribution is -2.30. The zero-order chi connectivity index (χ0) is 10.6. The number of nitrogens with one attached hydrogen (secondary N) is 2. The molecule has 0 saturated carbocycles. The summed E-state index contributed by atoms with van der Waals surface area (Å²) in [6.07, 6.45) is 0. The molecule has 5 nitrogen and oxygen atoms in total. The third-order valence-electron chi connectivity index (χ3n) is 1.29. The van der Waals surface area contributed by atoms with E-state index in [1.807, 2.05) is 0 Å². The molecule has 0 radical (unpaired) electrons. The summed E-state index contributed by atoms with van der Waals surface area (Å²) in [6, 6.07) is 4.69. The highest BCUT2D eigenvalue weighted by atomic mass is 35.5. The predicted octanol–water partition coefficient (Wildman–Crippen LogP) is 1.00. The van der Waals surface area contributed by atoms with Gasteiger partial charge >= 0.3 is 0 Å². The van der Waals surface area contributed by atoms with Gasteiger partial charge in [0.1, 0.15) is 11.0 Å². The number of hydrogen-bond donors (Lipinski definition) is 2. The van der Waals surface area contributed by atoms with Crippen LogP contribution in [0.25, 0.3) is 0 Å². The lowest BCUT2D eigenvalue weighted by molar-refractivity contribution is 0.589. The van der Waals surface area contributed by atoms with Crippen molar-refractivity contribution < 1.29 is 8.42 Å². The van der Waals surface area contributed by atoms with E-state index < -0.39 is 10.2 Å². The van der Waals surface area contributed by atoms with Gasteiger partial charge in [0.15, 0.2) is 0 Å². The van der Waals surface area contributed by atoms with Gasteiger partial charge in [-0.2, -0.15) is 13.1 Å². The second-order valence-electron chi connectivity index (χ2n) is 2.45. The molecule has 0 amide bonds. The van der Waals surface area contributed by atoms with E-state index in [1.165, 1.54) is 6.07 Å². The number of hydrogen-bond acceptors (Lipinski definition) is 3. The van der Waals surface area contributed by atoms with Crippen molar-refractivity contribution in [1.82, 2.24) is 9.71 Å². The summed E-state index contributed by atoms with van der Waals surface area (Å²) in [5.41, 5.74) is 0. The molecule has 0 saturated heterocycles. The smallest absolute Gasteiger partial charge is 0.255 e. The normalized spacial score (nSPS) is 11.3. The highest BCUT2D eigenvalue weighted by Gasteiger charge is 2.08. The summed E-state index contributed by atoms with van der Waals surface area (Å²) < 4.78 is 26.9. The minimum atomic E-state index is -3.52. The van der Waals surface area contributed by atoms with E-state index in [0.717, 1.165) is 0 Å². The van der Waals surface area contributed by atoms with Crippen LogP contribution in [0.3, 0.4) is 0 Å². The molecular formula is C7H10ClN3O2S. The number of nitrogens with zero attached hydrogens (tertiary/aromatic N) is 1. The highest BCUT2D eigenvalue weighted by molar-refractivity contribution is 7.90. The summed E-state index contributed by atoms with van der Waals surface area (Å²) in [5.74, 6) is 0.193. The number of rotatable bonds is 4. The first-order valence-corrected chi connectivity index (χ1v) is 5.79. The molecule has 1 heterocycles. The molecule has 1 aromatic rings. The fraction of sp³-hybridized carbons (Fsp3) is 0.286. The maximum absolute atomic E-state index is 11.2. The van der Waals surface area contributed by atoms with Crippen LogP contribution >= 0.6 is 11.6 Å². The van der Waals surface area contributed by atoms with Crippen LogP contribution in [0.1, 0.15) is 6.92 Å². The molecule has 0 atom stereocenters. The van der Waals surface area contributed by atoms with Gasteiger partial charge in [0, 0.05) is 6.54 Å². The predicted molar refractivity (Wildman–Crippen MR) is 55.5 cm³/mol. The van der Waals surface area contributed by atoms with E-state index in [4.69, 9.17) is 11.6 Å². The summed E-state index contributed by atoms with van der Waals surface area (Å²) in [4.78, 5) is 3.78. The van der Waals surface area contributed by atoms with Crippen LogP contribution in [0.15, 0.2) is 18.2 Å². The third-order valence-corrected chi connectivity index (χ3v) is 2.65. The Labute approximate surface area is 87.7 Å². The summed E-state index contributed by atoms with van der Waals surface area (Å²) >= 11 is 5.58. The Kier molecular flexibility index (Phi) is 3.68. The van der Waals surface area contributed by atoms with E-state index >= 15 is 0 Å². The Morgan fingerprint density at radius 1 is 1.50 bits per heavy atom. The van der Waals surface area contributed by atoms with E-state index in [0.29, 0.717) is 6.54 Å². The summed E-state index contributed by atoms with van der Waals surface area (Å²) in [5, 5.41) is 0.238. The Morgan fingerprint density at radius 3 is 2.79 bits per heavy atom. The zero-order valence-electron chi connectivity index (χ0n) is 7.49. The Bertz CT molecular complexity index is 407. The van der Waals surface area contributed by atoms with Gasteiger partial charge in [-0.3, -0.25) is 4.72 Å². The molecule has 0 aliphatic rings. The number of anilines is 1. The molecule has 2 N–H and O–H groups in total. The van der Waals surface area contributed by atoms with E-state index in [1.54, 1.807) is 19.1 Å². The first-order chi connectivity index (χ1) is 6.53. The van der Waals surface area contributed by atoms with E-state index in [2.05, 4.69) is 14.4 Å². The third kappa shape index (κ3) is 3.49. The van der Waals surface area contributed by atoms with Gasteiger partial charge in [-0.15, -0.1) is 0 Å². The fourth-order valence-corrected chi connectivity index (χ4v) is 1.83. The molecule has 78 valence electrons. The van der Waals surface area contributed by atoms with Gasteiger partial charge in [-0.05, 0) is 12.1 Å². The van der Waals surface area contributed by atoms with Crippen LogP contribution in [-0.2, 0) is 10.2 Å². The van der Waals surface area contributed by atoms with Crippen molar-refractivity contribution >= 4 is 27.6 Å². The first kappa shape index (κ1) is 11.2. The largest absolute Gasteiger partial charge is 0.300 e. The van der Waals surface area contributed by atoms with E-state index in [9.17, 15) is 8.42 Å². The fourth-order valence-electron chi connectivity index (χ4n) is 0.829. The van der Waals surface area contributed by atoms with Crippen LogP contribution < -0.4 is 9.44 Å². The van der Waals surface area contributed by atoms with Gasteiger partial charge in [-0.1, -0.05) is 24.6 Å². The topological polar surface area (TPSA) is 71.1 Å². The summed E-state index contributed by atoms with van der Waals surface area (Å²) in [7, 11) is -3.52. The maximum Gasteiger partial charge on any atom is 0.300 e. The molecule has 1 rings (SSSR count). The monoisotopic (exact) mass is 235 g/mol. The van der Waals surface area contributed by atoms with Crippen molar-refractivity contribution in [2.24, 2.45) is 0 Å². The van der Waals surface area contributed by atoms with Crippen LogP contribution in [0.2, 0.25) is 5.15 Å². The van der Waals surface area contributed by atoms with Crippen molar-refractivity contribution in [3.63, 3.8) is 0 Å². The van der Waals surface area contributed by atoms with Gasteiger partial charge in [0.2, 0.25) is 0 Å². The number of aromatic nitrogens is 1. The molecule has 14 heavy (non-hydrogen) atoms. The lowest BCUT2D eigenvalue weighted by atomic mass is 10.5. The molecular weight excluding hydrogens is 226 g/mol. The molecule has 0 aliphatic heterocycles. The van der Waals surface area contributed by atoms with Crippen molar-refractivity contribution in [3.05, 3.63) is 23.4 Å². The molecule has 0 bridgehead atoms. The molecule has 1 aromatic heterocycles. The SMILES string of the molecule is CCNS(=O)(=O)Nc1cccc(Cl)n1. The van der Waals surface area contributed by atoms with Crippen molar-refractivity contribution in [1.29, 1.82) is 0 Å². The molecule has 0 aliphatic carbocycles. The standard InChI is InChI=1S/C7H10ClN3O2S/c1-2-9-14(12,13)11-7-5-3-4-6(8)10-7/h3-5,9H,2H2,1H3,(H,10,11). The maximum atomic E-state index is 11.2. The van der Waals surface area contributed by atoms with Crippen LogP contribution in [0.4, 0.5) is 5.82 Å². The van der Waals surface area contributed by atoms with Crippen LogP contribution in [-0.4, -0.2) is 19.9 Å². The van der Waals surface area contributed by atoms with Gasteiger partial charge in [0.25, 0.3) is 10.2 Å². The number of pyridine rings is 1. The Morgan fingerprint density at radius 2 is 2.21 bits per heavy atom. The van der Waals surface area contributed by atoms with Crippen molar-refractivity contribution in [2.75, 3.05) is 11.3 Å². The minimum Gasteiger partial charge on any atom is -0.255 e. The van der Waals surface area contributed by atoms with Gasteiger partial charge in [0.05, 0.1) is 0 Å². The lowest BCUT2D eigenvalue weighted by Gasteiger charge is -2.06. The van der Waals surface area contributed by atoms with Crippen molar-refractivity contribution in [2.45, 2.75) is 6.92 Å². The summed E-state index contributed by atoms with van der Waals surface area (Å²) in [6.45, 7) is 2.00. The first-order valence-electron chi connectivity index (χ1n) is 3.93. The average Bonchev–Trinajstić information content (AvgIpc) is 2.02. The average molecular weight is 236 g/mol.